The molecule has 0 unspecified atom stereocenters. The Bertz CT molecular complexity index is 344. The number of hydrogen-bond donors (Lipinski definition) is 1. The van der Waals surface area contributed by atoms with Gasteiger partial charge in [0.05, 0.1) is 11.6 Å². The molecule has 2 nitrogen and oxygen atoms in total. The molecule has 90 valence electrons. The molecule has 1 atom stereocenters. The van der Waals surface area contributed by atoms with Gasteiger partial charge in [0.1, 0.15) is 5.75 Å². The molecule has 1 rings (SSSR count). The second-order valence-corrected chi connectivity index (χ2v) is 4.22. The standard InChI is InChI=1S/C12H16BrNO.ClH/c1-3-4-5-11(14)9-6-7-12(15-2)10(13)8-9;/h3,6-8,11H,1,4-5,14H2,2H3;1H/t11-;/m0./s1. The van der Waals surface area contributed by atoms with Crippen LogP contribution in [0.2, 0.25) is 0 Å². The van der Waals surface area contributed by atoms with Crippen LogP contribution >= 0.6 is 28.3 Å². The van der Waals surface area contributed by atoms with Gasteiger partial charge >= 0.3 is 0 Å². The Morgan fingerprint density at radius 2 is 2.25 bits per heavy atom. The van der Waals surface area contributed by atoms with E-state index >= 15 is 0 Å². The second-order valence-electron chi connectivity index (χ2n) is 3.37. The number of allylic oxidation sites excluding steroid dienone is 1. The predicted octanol–water partition coefficient (Wildman–Crippen LogP) is 3.85. The van der Waals surface area contributed by atoms with Crippen LogP contribution in [-0.4, -0.2) is 7.11 Å². The van der Waals surface area contributed by atoms with Gasteiger partial charge in [0, 0.05) is 6.04 Å². The van der Waals surface area contributed by atoms with Crippen LogP contribution in [0.5, 0.6) is 5.75 Å². The van der Waals surface area contributed by atoms with Gasteiger partial charge < -0.3 is 10.5 Å². The van der Waals surface area contributed by atoms with Gasteiger partial charge in [-0.05, 0) is 46.5 Å². The zero-order valence-electron chi connectivity index (χ0n) is 9.28. The highest BCUT2D eigenvalue weighted by atomic mass is 79.9. The van der Waals surface area contributed by atoms with Gasteiger partial charge in [-0.25, -0.2) is 0 Å². The first-order valence-corrected chi connectivity index (χ1v) is 5.68. The smallest absolute Gasteiger partial charge is 0.133 e. The first-order chi connectivity index (χ1) is 7.19. The molecule has 1 aromatic rings. The topological polar surface area (TPSA) is 35.2 Å². The zero-order valence-corrected chi connectivity index (χ0v) is 11.7. The molecule has 4 heteroatoms. The lowest BCUT2D eigenvalue weighted by Gasteiger charge is -2.12. The third kappa shape index (κ3) is 4.16. The monoisotopic (exact) mass is 305 g/mol. The van der Waals surface area contributed by atoms with Gasteiger partial charge in [-0.15, -0.1) is 19.0 Å². The largest absolute Gasteiger partial charge is 0.496 e. The van der Waals surface area contributed by atoms with Crippen LogP contribution in [0.3, 0.4) is 0 Å². The summed E-state index contributed by atoms with van der Waals surface area (Å²) in [6, 6.07) is 5.99. The van der Waals surface area contributed by atoms with E-state index in [1.165, 1.54) is 0 Å². The molecule has 0 amide bonds. The first kappa shape index (κ1) is 15.5. The minimum Gasteiger partial charge on any atom is -0.496 e. The third-order valence-electron chi connectivity index (χ3n) is 2.29. The van der Waals surface area contributed by atoms with E-state index in [-0.39, 0.29) is 18.4 Å². The van der Waals surface area contributed by atoms with Gasteiger partial charge in [-0.2, -0.15) is 0 Å². The number of nitrogens with two attached hydrogens (primary N) is 1. The van der Waals surface area contributed by atoms with E-state index in [2.05, 4.69) is 22.5 Å². The van der Waals surface area contributed by atoms with Gasteiger partial charge in [0.25, 0.3) is 0 Å². The Morgan fingerprint density at radius 1 is 1.56 bits per heavy atom. The van der Waals surface area contributed by atoms with Crippen molar-refractivity contribution in [2.45, 2.75) is 18.9 Å². The van der Waals surface area contributed by atoms with Crippen molar-refractivity contribution in [3.05, 3.63) is 40.9 Å². The lowest BCUT2D eigenvalue weighted by molar-refractivity contribution is 0.412. The van der Waals surface area contributed by atoms with Gasteiger partial charge in [0.2, 0.25) is 0 Å². The maximum Gasteiger partial charge on any atom is 0.133 e. The molecule has 0 fully saturated rings. The summed E-state index contributed by atoms with van der Waals surface area (Å²) in [6.45, 7) is 3.69. The first-order valence-electron chi connectivity index (χ1n) is 4.89. The fourth-order valence-corrected chi connectivity index (χ4v) is 1.94. The fourth-order valence-electron chi connectivity index (χ4n) is 1.38. The van der Waals surface area contributed by atoms with Crippen molar-refractivity contribution in [2.24, 2.45) is 5.73 Å². The van der Waals surface area contributed by atoms with E-state index in [1.807, 2.05) is 24.3 Å². The van der Waals surface area contributed by atoms with Gasteiger partial charge in [-0.1, -0.05) is 12.1 Å². The fraction of sp³-hybridized carbons (Fsp3) is 0.333. The Balaban J connectivity index is 0.00000225. The predicted molar refractivity (Wildman–Crippen MR) is 74.3 cm³/mol. The average Bonchev–Trinajstić information content (AvgIpc) is 2.25. The van der Waals surface area contributed by atoms with Crippen LogP contribution in [0.15, 0.2) is 35.3 Å². The van der Waals surface area contributed by atoms with Crippen molar-refractivity contribution >= 4 is 28.3 Å². The van der Waals surface area contributed by atoms with Crippen LogP contribution in [0.25, 0.3) is 0 Å². The van der Waals surface area contributed by atoms with Crippen LogP contribution in [0.1, 0.15) is 24.4 Å². The Morgan fingerprint density at radius 3 is 2.75 bits per heavy atom. The van der Waals surface area contributed by atoms with Crippen LogP contribution < -0.4 is 10.5 Å². The minimum absolute atomic E-state index is 0. The molecular formula is C12H17BrClNO. The normalized spacial score (nSPS) is 11.4. The van der Waals surface area contributed by atoms with Crippen molar-refractivity contribution in [3.8, 4) is 5.75 Å². The van der Waals surface area contributed by atoms with E-state index in [4.69, 9.17) is 10.5 Å². The molecule has 0 aliphatic carbocycles. The molecule has 0 heterocycles. The molecule has 0 aliphatic heterocycles. The van der Waals surface area contributed by atoms with Gasteiger partial charge in [-0.3, -0.25) is 0 Å². The number of rotatable bonds is 5. The molecule has 1 aromatic carbocycles. The second kappa shape index (κ2) is 7.71. The summed E-state index contributed by atoms with van der Waals surface area (Å²) in [7, 11) is 1.65. The van der Waals surface area contributed by atoms with Crippen molar-refractivity contribution in [2.75, 3.05) is 7.11 Å². The zero-order chi connectivity index (χ0) is 11.3. The van der Waals surface area contributed by atoms with Gasteiger partial charge in [0.15, 0.2) is 0 Å². The maximum atomic E-state index is 6.03. The maximum absolute atomic E-state index is 6.03. The highest BCUT2D eigenvalue weighted by Crippen LogP contribution is 2.28. The van der Waals surface area contributed by atoms with Crippen LogP contribution in [-0.2, 0) is 0 Å². The van der Waals surface area contributed by atoms with E-state index in [0.717, 1.165) is 28.6 Å². The summed E-state index contributed by atoms with van der Waals surface area (Å²) < 4.78 is 6.10. The van der Waals surface area contributed by atoms with E-state index < -0.39 is 0 Å². The molecule has 0 aliphatic rings. The summed E-state index contributed by atoms with van der Waals surface area (Å²) in [5, 5.41) is 0. The third-order valence-corrected chi connectivity index (χ3v) is 2.91. The minimum atomic E-state index is 0. The molecule has 0 radical (unpaired) electrons. The number of ether oxygens (including phenoxy) is 1. The summed E-state index contributed by atoms with van der Waals surface area (Å²) in [6.07, 6.45) is 3.74. The average molecular weight is 307 g/mol. The summed E-state index contributed by atoms with van der Waals surface area (Å²) in [5.41, 5.74) is 7.15. The summed E-state index contributed by atoms with van der Waals surface area (Å²) >= 11 is 3.44. The number of hydrogen-bond acceptors (Lipinski definition) is 2. The number of halogens is 2. The van der Waals surface area contributed by atoms with Crippen molar-refractivity contribution in [1.82, 2.24) is 0 Å². The molecular weight excluding hydrogens is 289 g/mol. The van der Waals surface area contributed by atoms with Crippen LogP contribution in [0, 0.1) is 0 Å². The highest BCUT2D eigenvalue weighted by molar-refractivity contribution is 9.10. The molecule has 2 N–H and O–H groups in total. The SMILES string of the molecule is C=CCC[C@H](N)c1ccc(OC)c(Br)c1.Cl. The Kier molecular flexibility index (Phi) is 7.47. The molecule has 0 saturated heterocycles. The number of methoxy groups -OCH3 is 1. The summed E-state index contributed by atoms with van der Waals surface area (Å²) in [5.74, 6) is 0.828. The number of benzene rings is 1. The molecule has 0 bridgehead atoms. The quantitative estimate of drug-likeness (QED) is 0.839. The lowest BCUT2D eigenvalue weighted by Crippen LogP contribution is -2.09. The van der Waals surface area contributed by atoms with Crippen LogP contribution in [0.4, 0.5) is 0 Å². The van der Waals surface area contributed by atoms with Crippen molar-refractivity contribution < 1.29 is 4.74 Å². The van der Waals surface area contributed by atoms with E-state index in [0.29, 0.717) is 0 Å². The summed E-state index contributed by atoms with van der Waals surface area (Å²) in [4.78, 5) is 0. The van der Waals surface area contributed by atoms with E-state index in [1.54, 1.807) is 7.11 Å². The molecule has 0 saturated carbocycles. The van der Waals surface area contributed by atoms with Crippen molar-refractivity contribution in [3.63, 3.8) is 0 Å². The Labute approximate surface area is 111 Å². The lowest BCUT2D eigenvalue weighted by atomic mass is 10.0. The Hall–Kier alpha value is -0.510. The molecule has 0 spiro atoms. The highest BCUT2D eigenvalue weighted by Gasteiger charge is 2.07. The van der Waals surface area contributed by atoms with E-state index in [9.17, 15) is 0 Å². The molecule has 16 heavy (non-hydrogen) atoms. The molecule has 0 aromatic heterocycles. The van der Waals surface area contributed by atoms with Crippen molar-refractivity contribution in [1.29, 1.82) is 0 Å².